The third-order valence-corrected chi connectivity index (χ3v) is 3.03. The predicted molar refractivity (Wildman–Crippen MR) is 60.2 cm³/mol. The smallest absolute Gasteiger partial charge is 0.252 e. The van der Waals surface area contributed by atoms with Gasteiger partial charge in [0.2, 0.25) is 0 Å². The van der Waals surface area contributed by atoms with Crippen molar-refractivity contribution in [3.05, 3.63) is 22.2 Å². The largest absolute Gasteiger partial charge is 0.356 e. The van der Waals surface area contributed by atoms with Gasteiger partial charge in [0.25, 0.3) is 5.56 Å². The van der Waals surface area contributed by atoms with Crippen molar-refractivity contribution in [1.82, 2.24) is 9.97 Å². The van der Waals surface area contributed by atoms with Gasteiger partial charge in [-0.3, -0.25) is 4.79 Å². The normalized spacial score (nSPS) is 20.9. The first-order valence-electron chi connectivity index (χ1n) is 5.52. The number of hydrogen-bond acceptors (Lipinski definition) is 3. The van der Waals surface area contributed by atoms with Crippen LogP contribution in [0, 0.1) is 12.8 Å². The summed E-state index contributed by atoms with van der Waals surface area (Å²) in [6, 6.07) is 1.59. The average Bonchev–Trinajstić information content (AvgIpc) is 2.64. The Morgan fingerprint density at radius 1 is 1.67 bits per heavy atom. The van der Waals surface area contributed by atoms with Crippen LogP contribution in [0.3, 0.4) is 0 Å². The molecule has 0 saturated carbocycles. The van der Waals surface area contributed by atoms with Crippen molar-refractivity contribution in [1.29, 1.82) is 0 Å². The van der Waals surface area contributed by atoms with Gasteiger partial charge in [0.1, 0.15) is 11.6 Å². The van der Waals surface area contributed by atoms with Crippen LogP contribution in [0.4, 0.5) is 5.82 Å². The Morgan fingerprint density at radius 2 is 2.47 bits per heavy atom. The molecule has 4 nitrogen and oxygen atoms in total. The molecule has 0 aliphatic carbocycles. The van der Waals surface area contributed by atoms with Crippen molar-refractivity contribution >= 4 is 5.82 Å². The topological polar surface area (TPSA) is 49.0 Å². The van der Waals surface area contributed by atoms with Crippen LogP contribution in [-0.4, -0.2) is 23.1 Å². The van der Waals surface area contributed by atoms with Gasteiger partial charge < -0.3 is 9.88 Å². The van der Waals surface area contributed by atoms with Crippen LogP contribution in [-0.2, 0) is 0 Å². The number of nitrogens with one attached hydrogen (secondary N) is 1. The van der Waals surface area contributed by atoms with Crippen molar-refractivity contribution in [2.24, 2.45) is 5.92 Å². The van der Waals surface area contributed by atoms with E-state index in [4.69, 9.17) is 0 Å². The Balaban J connectivity index is 2.20. The van der Waals surface area contributed by atoms with Crippen molar-refractivity contribution < 1.29 is 0 Å². The van der Waals surface area contributed by atoms with E-state index in [0.717, 1.165) is 24.8 Å². The molecule has 0 radical (unpaired) electrons. The van der Waals surface area contributed by atoms with E-state index >= 15 is 0 Å². The molecular weight excluding hydrogens is 190 g/mol. The fourth-order valence-corrected chi connectivity index (χ4v) is 2.10. The van der Waals surface area contributed by atoms with Gasteiger partial charge in [-0.25, -0.2) is 4.98 Å². The van der Waals surface area contributed by atoms with Crippen LogP contribution in [0.15, 0.2) is 10.9 Å². The van der Waals surface area contributed by atoms with E-state index in [0.29, 0.717) is 5.82 Å². The van der Waals surface area contributed by atoms with Gasteiger partial charge in [0.15, 0.2) is 0 Å². The van der Waals surface area contributed by atoms with Crippen LogP contribution in [0.2, 0.25) is 0 Å². The van der Waals surface area contributed by atoms with Crippen molar-refractivity contribution in [2.45, 2.75) is 26.7 Å². The first-order valence-corrected chi connectivity index (χ1v) is 5.52. The molecule has 1 N–H and O–H groups in total. The number of anilines is 1. The summed E-state index contributed by atoms with van der Waals surface area (Å²) < 4.78 is 0. The molecular formula is C11H17N3O. The number of rotatable bonds is 2. The monoisotopic (exact) mass is 207 g/mol. The number of nitrogens with zero attached hydrogens (tertiary/aromatic N) is 2. The number of aromatic nitrogens is 2. The highest BCUT2D eigenvalue weighted by molar-refractivity contribution is 5.38. The van der Waals surface area contributed by atoms with E-state index in [2.05, 4.69) is 21.8 Å². The van der Waals surface area contributed by atoms with Gasteiger partial charge in [-0.15, -0.1) is 0 Å². The predicted octanol–water partition coefficient (Wildman–Crippen LogP) is 1.31. The standard InChI is InChI=1S/C11H17N3O/c1-3-9-4-5-14(7-9)10-6-11(15)13-8(2)12-10/h6,9H,3-5,7H2,1-2H3,(H,12,13,15). The lowest BCUT2D eigenvalue weighted by Crippen LogP contribution is -2.23. The fourth-order valence-electron chi connectivity index (χ4n) is 2.10. The molecule has 2 heterocycles. The molecule has 1 aliphatic heterocycles. The molecule has 0 bridgehead atoms. The van der Waals surface area contributed by atoms with Crippen LogP contribution < -0.4 is 10.5 Å². The van der Waals surface area contributed by atoms with Crippen LogP contribution >= 0.6 is 0 Å². The summed E-state index contributed by atoms with van der Waals surface area (Å²) in [5.74, 6) is 2.27. The zero-order chi connectivity index (χ0) is 10.8. The minimum absolute atomic E-state index is 0.0579. The molecule has 1 unspecified atom stereocenters. The highest BCUT2D eigenvalue weighted by Crippen LogP contribution is 2.22. The first kappa shape index (κ1) is 10.2. The Morgan fingerprint density at radius 3 is 3.07 bits per heavy atom. The molecule has 0 amide bonds. The molecule has 2 rings (SSSR count). The van der Waals surface area contributed by atoms with E-state index < -0.39 is 0 Å². The fraction of sp³-hybridized carbons (Fsp3) is 0.636. The van der Waals surface area contributed by atoms with Gasteiger partial charge in [-0.05, 0) is 19.3 Å². The molecule has 1 aromatic rings. The maximum atomic E-state index is 11.3. The minimum Gasteiger partial charge on any atom is -0.356 e. The molecule has 0 aromatic carbocycles. The van der Waals surface area contributed by atoms with Crippen molar-refractivity contribution in [3.63, 3.8) is 0 Å². The molecule has 1 aromatic heterocycles. The number of aryl methyl sites for hydroxylation is 1. The second-order valence-corrected chi connectivity index (χ2v) is 4.20. The highest BCUT2D eigenvalue weighted by atomic mass is 16.1. The van der Waals surface area contributed by atoms with E-state index in [1.807, 2.05) is 6.92 Å². The number of H-pyrrole nitrogens is 1. The van der Waals surface area contributed by atoms with Crippen LogP contribution in [0.1, 0.15) is 25.6 Å². The third kappa shape index (κ3) is 2.19. The minimum atomic E-state index is -0.0579. The van der Waals surface area contributed by atoms with Crippen LogP contribution in [0.5, 0.6) is 0 Å². The molecule has 15 heavy (non-hydrogen) atoms. The SMILES string of the molecule is CCC1CCN(c2cc(=O)[nH]c(C)n2)C1. The summed E-state index contributed by atoms with van der Waals surface area (Å²) in [4.78, 5) is 20.5. The summed E-state index contributed by atoms with van der Waals surface area (Å²) in [5.41, 5.74) is -0.0579. The molecule has 1 aliphatic rings. The zero-order valence-corrected chi connectivity index (χ0v) is 9.29. The lowest BCUT2D eigenvalue weighted by molar-refractivity contribution is 0.568. The van der Waals surface area contributed by atoms with Gasteiger partial charge >= 0.3 is 0 Å². The van der Waals surface area contributed by atoms with Crippen LogP contribution in [0.25, 0.3) is 0 Å². The molecule has 1 fully saturated rings. The van der Waals surface area contributed by atoms with E-state index in [1.165, 1.54) is 12.8 Å². The van der Waals surface area contributed by atoms with Gasteiger partial charge in [-0.2, -0.15) is 0 Å². The summed E-state index contributed by atoms with van der Waals surface area (Å²) >= 11 is 0. The second kappa shape index (κ2) is 4.04. The Kier molecular flexibility index (Phi) is 2.75. The van der Waals surface area contributed by atoms with Gasteiger partial charge in [0.05, 0.1) is 0 Å². The summed E-state index contributed by atoms with van der Waals surface area (Å²) in [7, 11) is 0. The van der Waals surface area contributed by atoms with Crippen molar-refractivity contribution in [3.8, 4) is 0 Å². The summed E-state index contributed by atoms with van der Waals surface area (Å²) in [5, 5.41) is 0. The Labute approximate surface area is 89.3 Å². The molecule has 1 saturated heterocycles. The lowest BCUT2D eigenvalue weighted by Gasteiger charge is -2.16. The molecule has 1 atom stereocenters. The van der Waals surface area contributed by atoms with E-state index in [-0.39, 0.29) is 5.56 Å². The number of hydrogen-bond donors (Lipinski definition) is 1. The first-order chi connectivity index (χ1) is 7.19. The zero-order valence-electron chi connectivity index (χ0n) is 9.29. The summed E-state index contributed by atoms with van der Waals surface area (Å²) in [6.45, 7) is 6.09. The molecule has 0 spiro atoms. The summed E-state index contributed by atoms with van der Waals surface area (Å²) in [6.07, 6.45) is 2.42. The number of aromatic amines is 1. The van der Waals surface area contributed by atoms with Crippen molar-refractivity contribution in [2.75, 3.05) is 18.0 Å². The van der Waals surface area contributed by atoms with Gasteiger partial charge in [0, 0.05) is 19.2 Å². The molecule has 4 heteroatoms. The Bertz CT molecular complexity index is 399. The second-order valence-electron chi connectivity index (χ2n) is 4.20. The van der Waals surface area contributed by atoms with Gasteiger partial charge in [-0.1, -0.05) is 13.3 Å². The highest BCUT2D eigenvalue weighted by Gasteiger charge is 2.22. The lowest BCUT2D eigenvalue weighted by atomic mass is 10.1. The quantitative estimate of drug-likeness (QED) is 0.795. The maximum Gasteiger partial charge on any atom is 0.252 e. The molecule has 82 valence electrons. The average molecular weight is 207 g/mol. The van der Waals surface area contributed by atoms with E-state index in [9.17, 15) is 4.79 Å². The Hall–Kier alpha value is -1.32. The van der Waals surface area contributed by atoms with E-state index in [1.54, 1.807) is 6.07 Å². The maximum absolute atomic E-state index is 11.3. The third-order valence-electron chi connectivity index (χ3n) is 3.03.